The molecule has 112 valence electrons. The molecule has 1 N–H and O–H groups in total. The molecule has 0 aliphatic rings. The van der Waals surface area contributed by atoms with Gasteiger partial charge in [-0.2, -0.15) is 0 Å². The van der Waals surface area contributed by atoms with Crippen molar-refractivity contribution in [3.05, 3.63) is 64.4 Å². The zero-order chi connectivity index (χ0) is 15.4. The van der Waals surface area contributed by atoms with Crippen LogP contribution in [0.3, 0.4) is 0 Å². The van der Waals surface area contributed by atoms with Crippen LogP contribution in [0.1, 0.15) is 17.2 Å². The van der Waals surface area contributed by atoms with Crippen LogP contribution < -0.4 is 10.2 Å². The van der Waals surface area contributed by atoms with Gasteiger partial charge in [0.2, 0.25) is 0 Å². The normalized spacial score (nSPS) is 12.2. The van der Waals surface area contributed by atoms with Gasteiger partial charge in [0.25, 0.3) is 0 Å². The van der Waals surface area contributed by atoms with E-state index in [2.05, 4.69) is 34.5 Å². The van der Waals surface area contributed by atoms with Crippen molar-refractivity contribution in [3.63, 3.8) is 0 Å². The fraction of sp³-hybridized carbons (Fsp3) is 0.294. The summed E-state index contributed by atoms with van der Waals surface area (Å²) in [6.45, 7) is 0. The average molecular weight is 307 g/mol. The first kappa shape index (κ1) is 15.8. The molecule has 0 aromatic heterocycles. The lowest BCUT2D eigenvalue weighted by molar-refractivity contribution is 0.584. The molecular weight excluding hydrogens is 287 g/mol. The van der Waals surface area contributed by atoms with Gasteiger partial charge in [0.05, 0.1) is 0 Å². The number of hydrogen-bond donors (Lipinski definition) is 1. The van der Waals surface area contributed by atoms with E-state index in [0.29, 0.717) is 11.4 Å². The average Bonchev–Trinajstić information content (AvgIpc) is 2.48. The van der Waals surface area contributed by atoms with Gasteiger partial charge in [-0.3, -0.25) is 0 Å². The Morgan fingerprint density at radius 3 is 2.38 bits per heavy atom. The summed E-state index contributed by atoms with van der Waals surface area (Å²) in [7, 11) is 5.92. The topological polar surface area (TPSA) is 15.3 Å². The maximum atomic E-state index is 13.4. The van der Waals surface area contributed by atoms with Gasteiger partial charge in [0.1, 0.15) is 5.82 Å². The number of benzene rings is 2. The summed E-state index contributed by atoms with van der Waals surface area (Å²) >= 11 is 6.15. The lowest BCUT2D eigenvalue weighted by Gasteiger charge is -2.19. The third-order valence-electron chi connectivity index (χ3n) is 3.59. The molecule has 0 saturated heterocycles. The Morgan fingerprint density at radius 2 is 1.81 bits per heavy atom. The van der Waals surface area contributed by atoms with Crippen LogP contribution in [0.15, 0.2) is 42.5 Å². The Kier molecular flexibility index (Phi) is 5.21. The van der Waals surface area contributed by atoms with Crippen LogP contribution in [0, 0.1) is 5.82 Å². The smallest absolute Gasteiger partial charge is 0.123 e. The number of nitrogens with one attached hydrogen (secondary N) is 1. The Labute approximate surface area is 130 Å². The molecule has 1 atom stereocenters. The molecule has 0 aliphatic carbocycles. The summed E-state index contributed by atoms with van der Waals surface area (Å²) in [5.74, 6) is -0.257. The molecule has 0 radical (unpaired) electrons. The van der Waals surface area contributed by atoms with Gasteiger partial charge >= 0.3 is 0 Å². The minimum atomic E-state index is -0.257. The maximum absolute atomic E-state index is 13.4. The highest BCUT2D eigenvalue weighted by atomic mass is 35.5. The molecular formula is C17H20ClFN2. The van der Waals surface area contributed by atoms with E-state index in [0.717, 1.165) is 16.8 Å². The monoisotopic (exact) mass is 306 g/mol. The van der Waals surface area contributed by atoms with Crippen molar-refractivity contribution in [2.45, 2.75) is 12.5 Å². The van der Waals surface area contributed by atoms with Gasteiger partial charge in [-0.25, -0.2) is 4.39 Å². The molecule has 0 fully saturated rings. The fourth-order valence-corrected chi connectivity index (χ4v) is 2.51. The molecule has 2 rings (SSSR count). The van der Waals surface area contributed by atoms with E-state index in [1.807, 2.05) is 21.1 Å². The van der Waals surface area contributed by atoms with E-state index in [1.165, 1.54) is 12.1 Å². The predicted molar refractivity (Wildman–Crippen MR) is 87.7 cm³/mol. The summed E-state index contributed by atoms with van der Waals surface area (Å²) < 4.78 is 13.4. The Hall–Kier alpha value is -1.58. The van der Waals surface area contributed by atoms with E-state index in [9.17, 15) is 4.39 Å². The van der Waals surface area contributed by atoms with Gasteiger partial charge < -0.3 is 10.2 Å². The van der Waals surface area contributed by atoms with Crippen LogP contribution in [0.5, 0.6) is 0 Å². The molecule has 0 saturated carbocycles. The van der Waals surface area contributed by atoms with E-state index in [4.69, 9.17) is 11.6 Å². The van der Waals surface area contributed by atoms with Crippen LogP contribution >= 0.6 is 11.6 Å². The van der Waals surface area contributed by atoms with Gasteiger partial charge in [-0.1, -0.05) is 23.7 Å². The van der Waals surface area contributed by atoms with Crippen molar-refractivity contribution < 1.29 is 4.39 Å². The molecule has 2 aromatic carbocycles. The van der Waals surface area contributed by atoms with E-state index >= 15 is 0 Å². The highest BCUT2D eigenvalue weighted by Gasteiger charge is 2.13. The first-order valence-electron chi connectivity index (χ1n) is 6.89. The zero-order valence-corrected chi connectivity index (χ0v) is 13.3. The number of anilines is 1. The minimum Gasteiger partial charge on any atom is -0.378 e. The lowest BCUT2D eigenvalue weighted by atomic mass is 9.98. The van der Waals surface area contributed by atoms with Gasteiger partial charge in [-0.05, 0) is 54.9 Å². The minimum absolute atomic E-state index is 0.0977. The van der Waals surface area contributed by atoms with Gasteiger partial charge in [0.15, 0.2) is 0 Å². The Morgan fingerprint density at radius 1 is 1.14 bits per heavy atom. The van der Waals surface area contributed by atoms with Gasteiger partial charge in [-0.15, -0.1) is 0 Å². The third kappa shape index (κ3) is 3.96. The largest absolute Gasteiger partial charge is 0.378 e. The lowest BCUT2D eigenvalue weighted by Crippen LogP contribution is -2.19. The molecule has 2 aromatic rings. The van der Waals surface area contributed by atoms with Crippen molar-refractivity contribution in [1.29, 1.82) is 0 Å². The van der Waals surface area contributed by atoms with Crippen molar-refractivity contribution in [3.8, 4) is 0 Å². The van der Waals surface area contributed by atoms with Crippen molar-refractivity contribution in [1.82, 2.24) is 5.32 Å². The van der Waals surface area contributed by atoms with Crippen LogP contribution in [-0.2, 0) is 6.42 Å². The molecule has 0 amide bonds. The summed E-state index contributed by atoms with van der Waals surface area (Å²) in [6.07, 6.45) is 0.647. The number of rotatable bonds is 5. The van der Waals surface area contributed by atoms with Crippen LogP contribution in [0.4, 0.5) is 10.1 Å². The molecule has 4 heteroatoms. The molecule has 0 heterocycles. The number of halogens is 2. The highest BCUT2D eigenvalue weighted by Crippen LogP contribution is 2.25. The highest BCUT2D eigenvalue weighted by molar-refractivity contribution is 6.31. The predicted octanol–water partition coefficient (Wildman–Crippen LogP) is 4.05. The first-order valence-corrected chi connectivity index (χ1v) is 7.27. The Balaban J connectivity index is 2.21. The van der Waals surface area contributed by atoms with E-state index in [1.54, 1.807) is 6.07 Å². The Bertz CT molecular complexity index is 596. The maximum Gasteiger partial charge on any atom is 0.123 e. The first-order chi connectivity index (χ1) is 10.0. The van der Waals surface area contributed by atoms with Crippen LogP contribution in [0.25, 0.3) is 0 Å². The number of nitrogens with zero attached hydrogens (tertiary/aromatic N) is 1. The van der Waals surface area contributed by atoms with Crippen LogP contribution in [-0.4, -0.2) is 21.1 Å². The number of hydrogen-bond acceptors (Lipinski definition) is 2. The van der Waals surface area contributed by atoms with E-state index in [-0.39, 0.29) is 11.9 Å². The molecule has 0 bridgehead atoms. The number of likely N-dealkylation sites (N-methyl/N-ethyl adjacent to an activating group) is 1. The summed E-state index contributed by atoms with van der Waals surface area (Å²) in [4.78, 5) is 2.06. The molecule has 0 spiro atoms. The molecule has 21 heavy (non-hydrogen) atoms. The molecule has 1 unspecified atom stereocenters. The van der Waals surface area contributed by atoms with E-state index < -0.39 is 0 Å². The standard InChI is InChI=1S/C17H20ClFN2/c1-20-17(11-13-10-14(19)6-9-16(13)18)12-4-7-15(8-5-12)21(2)3/h4-10,17,20H,11H2,1-3H3. The van der Waals surface area contributed by atoms with Crippen LogP contribution in [0.2, 0.25) is 5.02 Å². The zero-order valence-electron chi connectivity index (χ0n) is 12.5. The molecule has 0 aliphatic heterocycles. The SMILES string of the molecule is CNC(Cc1cc(F)ccc1Cl)c1ccc(N(C)C)cc1. The summed E-state index contributed by atoms with van der Waals surface area (Å²) in [5, 5.41) is 3.87. The van der Waals surface area contributed by atoms with Crippen molar-refractivity contribution in [2.24, 2.45) is 0 Å². The third-order valence-corrected chi connectivity index (χ3v) is 3.96. The van der Waals surface area contributed by atoms with Gasteiger partial charge in [0, 0.05) is 30.8 Å². The van der Waals surface area contributed by atoms with Crippen molar-refractivity contribution in [2.75, 3.05) is 26.0 Å². The fourth-order valence-electron chi connectivity index (χ4n) is 2.31. The second-order valence-corrected chi connectivity index (χ2v) is 5.67. The molecule has 2 nitrogen and oxygen atoms in total. The second-order valence-electron chi connectivity index (χ2n) is 5.27. The summed E-state index contributed by atoms with van der Waals surface area (Å²) in [5.41, 5.74) is 3.12. The second kappa shape index (κ2) is 6.92. The van der Waals surface area contributed by atoms with Crippen molar-refractivity contribution >= 4 is 17.3 Å². The quantitative estimate of drug-likeness (QED) is 0.896. The summed E-state index contributed by atoms with van der Waals surface area (Å²) in [6, 6.07) is 12.9.